The maximum absolute atomic E-state index is 8.87. The lowest BCUT2D eigenvalue weighted by Crippen LogP contribution is -2.31. The highest BCUT2D eigenvalue weighted by Crippen LogP contribution is 2.31. The van der Waals surface area contributed by atoms with E-state index in [1.807, 2.05) is 42.6 Å². The lowest BCUT2D eigenvalue weighted by Gasteiger charge is -2.24. The van der Waals surface area contributed by atoms with E-state index < -0.39 is 0 Å². The Labute approximate surface area is 181 Å². The van der Waals surface area contributed by atoms with Crippen molar-refractivity contribution in [3.63, 3.8) is 0 Å². The zero-order valence-electron chi connectivity index (χ0n) is 16.5. The number of hydrogen-bond donors (Lipinski definition) is 4. The lowest BCUT2D eigenvalue weighted by molar-refractivity contribution is 0.390. The largest absolute Gasteiger partial charge is 0.384 e. The van der Waals surface area contributed by atoms with Crippen LogP contribution in [0.3, 0.4) is 0 Å². The number of anilines is 3. The molecule has 0 atom stereocenters. The highest BCUT2D eigenvalue weighted by atomic mass is 32.1. The van der Waals surface area contributed by atoms with Crippen LogP contribution >= 0.6 is 12.6 Å². The third kappa shape index (κ3) is 5.06. The number of piperidine rings is 1. The van der Waals surface area contributed by atoms with E-state index in [1.54, 1.807) is 0 Å². The maximum atomic E-state index is 8.87. The normalized spacial score (nSPS) is 14.1. The summed E-state index contributed by atoms with van der Waals surface area (Å²) in [6.07, 6.45) is 7.17. The molecule has 3 aromatic rings. The third-order valence-corrected chi connectivity index (χ3v) is 5.44. The molecule has 0 saturated carbocycles. The van der Waals surface area contributed by atoms with E-state index in [2.05, 4.69) is 43.5 Å². The van der Waals surface area contributed by atoms with Gasteiger partial charge >= 0.3 is 0 Å². The van der Waals surface area contributed by atoms with Gasteiger partial charge < -0.3 is 16.0 Å². The molecule has 2 aromatic heterocycles. The number of benzene rings is 1. The van der Waals surface area contributed by atoms with Gasteiger partial charge in [-0.25, -0.2) is 15.0 Å². The number of nitrogens with zero attached hydrogens (tertiary/aromatic N) is 4. The monoisotopic (exact) mass is 417 g/mol. The molecule has 1 fully saturated rings. The van der Waals surface area contributed by atoms with Gasteiger partial charge in [-0.3, -0.25) is 0 Å². The Morgan fingerprint density at radius 1 is 1.03 bits per heavy atom. The summed E-state index contributed by atoms with van der Waals surface area (Å²) >= 11 is 4.39. The molecule has 8 heteroatoms. The van der Waals surface area contributed by atoms with Gasteiger partial charge in [0.1, 0.15) is 17.7 Å². The predicted molar refractivity (Wildman–Crippen MR) is 121 cm³/mol. The fourth-order valence-electron chi connectivity index (χ4n) is 3.46. The van der Waals surface area contributed by atoms with Gasteiger partial charge in [0.15, 0.2) is 5.69 Å². The minimum absolute atomic E-state index is 0.279. The molecule has 0 spiro atoms. The Hall–Kier alpha value is -3.15. The molecule has 4 rings (SSSR count). The summed E-state index contributed by atoms with van der Waals surface area (Å²) in [6, 6.07) is 12.0. The molecule has 3 heterocycles. The number of pyridine rings is 1. The first-order chi connectivity index (χ1) is 14.7. The van der Waals surface area contributed by atoms with Crippen molar-refractivity contribution < 1.29 is 0 Å². The van der Waals surface area contributed by atoms with Crippen molar-refractivity contribution in [1.29, 1.82) is 5.26 Å². The van der Waals surface area contributed by atoms with Crippen molar-refractivity contribution >= 4 is 30.0 Å². The minimum atomic E-state index is 0.279. The van der Waals surface area contributed by atoms with E-state index in [9.17, 15) is 0 Å². The van der Waals surface area contributed by atoms with Crippen molar-refractivity contribution in [3.8, 4) is 17.2 Å². The van der Waals surface area contributed by atoms with Crippen LogP contribution in [0.4, 0.5) is 17.3 Å². The first-order valence-corrected chi connectivity index (χ1v) is 10.4. The van der Waals surface area contributed by atoms with E-state index in [0.29, 0.717) is 17.6 Å². The third-order valence-electron chi connectivity index (χ3n) is 5.14. The smallest absolute Gasteiger partial charge is 0.158 e. The van der Waals surface area contributed by atoms with Crippen molar-refractivity contribution in [2.75, 3.05) is 30.3 Å². The first kappa shape index (κ1) is 20.1. The van der Waals surface area contributed by atoms with Gasteiger partial charge in [-0.1, -0.05) is 12.1 Å². The standard InChI is InChI=1S/C22H23N7S/c23-10-17-12-27-22(14-25-17)29-21-9-20(26-11-15-5-7-24-8-6-15)19(13-28-21)16-1-3-18(30)4-2-16/h1-4,9,12-15,24,30H,5-8,11H2,(H2,26,27,28,29). The summed E-state index contributed by atoms with van der Waals surface area (Å²) in [5, 5.41) is 19.1. The van der Waals surface area contributed by atoms with Crippen LogP contribution in [0, 0.1) is 17.2 Å². The van der Waals surface area contributed by atoms with E-state index >= 15 is 0 Å². The summed E-state index contributed by atoms with van der Waals surface area (Å²) in [5.41, 5.74) is 3.41. The van der Waals surface area contributed by atoms with E-state index in [4.69, 9.17) is 5.26 Å². The molecule has 0 amide bonds. The molecular formula is C22H23N7S. The summed E-state index contributed by atoms with van der Waals surface area (Å²) in [7, 11) is 0. The van der Waals surface area contributed by atoms with Gasteiger partial charge in [-0.05, 0) is 49.5 Å². The lowest BCUT2D eigenvalue weighted by atomic mass is 9.97. The van der Waals surface area contributed by atoms with Gasteiger partial charge in [-0.15, -0.1) is 12.6 Å². The van der Waals surface area contributed by atoms with E-state index in [1.165, 1.54) is 25.2 Å². The van der Waals surface area contributed by atoms with E-state index in [-0.39, 0.29) is 5.69 Å². The van der Waals surface area contributed by atoms with Gasteiger partial charge in [0, 0.05) is 35.0 Å². The molecule has 0 radical (unpaired) electrons. The molecule has 30 heavy (non-hydrogen) atoms. The second-order valence-electron chi connectivity index (χ2n) is 7.26. The molecule has 3 N–H and O–H groups in total. The van der Waals surface area contributed by atoms with Crippen LogP contribution in [0.5, 0.6) is 0 Å². The zero-order chi connectivity index (χ0) is 20.8. The molecule has 1 aromatic carbocycles. The minimum Gasteiger partial charge on any atom is -0.384 e. The average Bonchev–Trinajstić information content (AvgIpc) is 2.80. The first-order valence-electron chi connectivity index (χ1n) is 9.94. The van der Waals surface area contributed by atoms with Crippen LogP contribution in [0.2, 0.25) is 0 Å². The van der Waals surface area contributed by atoms with Crippen molar-refractivity contribution in [1.82, 2.24) is 20.3 Å². The van der Waals surface area contributed by atoms with Gasteiger partial charge in [0.05, 0.1) is 12.4 Å². The molecule has 1 aliphatic heterocycles. The number of thiol groups is 1. The van der Waals surface area contributed by atoms with Crippen molar-refractivity contribution in [2.45, 2.75) is 17.7 Å². The molecular weight excluding hydrogens is 394 g/mol. The molecule has 1 aliphatic rings. The Bertz CT molecular complexity index is 1020. The summed E-state index contributed by atoms with van der Waals surface area (Å²) in [5.74, 6) is 1.85. The van der Waals surface area contributed by atoms with Crippen LogP contribution in [0.25, 0.3) is 11.1 Å². The predicted octanol–water partition coefficient (Wildman–Crippen LogP) is 3.85. The number of hydrogen-bond acceptors (Lipinski definition) is 8. The highest BCUT2D eigenvalue weighted by Gasteiger charge is 2.15. The Kier molecular flexibility index (Phi) is 6.42. The fourth-order valence-corrected chi connectivity index (χ4v) is 3.61. The number of rotatable bonds is 6. The van der Waals surface area contributed by atoms with Crippen LogP contribution in [-0.4, -0.2) is 34.6 Å². The Balaban J connectivity index is 1.58. The van der Waals surface area contributed by atoms with Crippen molar-refractivity contribution in [3.05, 3.63) is 54.6 Å². The Morgan fingerprint density at radius 2 is 1.80 bits per heavy atom. The van der Waals surface area contributed by atoms with Crippen molar-refractivity contribution in [2.24, 2.45) is 5.92 Å². The molecule has 0 unspecified atom stereocenters. The van der Waals surface area contributed by atoms with Gasteiger partial charge in [0.25, 0.3) is 0 Å². The average molecular weight is 418 g/mol. The van der Waals surface area contributed by atoms with Crippen LogP contribution < -0.4 is 16.0 Å². The molecule has 0 aliphatic carbocycles. The van der Waals surface area contributed by atoms with Crippen LogP contribution in [0.1, 0.15) is 18.5 Å². The summed E-state index contributed by atoms with van der Waals surface area (Å²) in [4.78, 5) is 13.7. The topological polar surface area (TPSA) is 98.5 Å². The van der Waals surface area contributed by atoms with Gasteiger partial charge in [-0.2, -0.15) is 5.26 Å². The van der Waals surface area contributed by atoms with Crippen LogP contribution in [0.15, 0.2) is 53.8 Å². The molecule has 1 saturated heterocycles. The zero-order valence-corrected chi connectivity index (χ0v) is 17.4. The number of aromatic nitrogens is 3. The number of nitrogens with one attached hydrogen (secondary N) is 3. The quantitative estimate of drug-likeness (QED) is 0.452. The fraction of sp³-hybridized carbons (Fsp3) is 0.273. The van der Waals surface area contributed by atoms with Crippen LogP contribution in [-0.2, 0) is 0 Å². The maximum Gasteiger partial charge on any atom is 0.158 e. The summed E-state index contributed by atoms with van der Waals surface area (Å²) in [6.45, 7) is 3.06. The summed E-state index contributed by atoms with van der Waals surface area (Å²) < 4.78 is 0. The molecule has 152 valence electrons. The van der Waals surface area contributed by atoms with Gasteiger partial charge in [0.2, 0.25) is 0 Å². The highest BCUT2D eigenvalue weighted by molar-refractivity contribution is 7.80. The Morgan fingerprint density at radius 3 is 2.50 bits per heavy atom. The second-order valence-corrected chi connectivity index (χ2v) is 7.78. The SMILES string of the molecule is N#Cc1cnc(Nc2cc(NCC3CCNCC3)c(-c3ccc(S)cc3)cn2)cn1. The second kappa shape index (κ2) is 9.57. The number of nitriles is 1. The molecule has 7 nitrogen and oxygen atoms in total. The molecule has 0 bridgehead atoms. The van der Waals surface area contributed by atoms with E-state index in [0.717, 1.165) is 41.3 Å².